The molecule has 2 aromatic carbocycles. The molecule has 37 heavy (non-hydrogen) atoms. The van der Waals surface area contributed by atoms with E-state index in [0.29, 0.717) is 12.2 Å². The molecule has 4 aromatic rings. The zero-order chi connectivity index (χ0) is 25.4. The molecule has 2 aliphatic rings. The monoisotopic (exact) mass is 498 g/mol. The SMILES string of the molecule is O=C1c2cc3[nH]ccc3n2CC(C(=O)NC2CCCCCC2)(c2ccccc2)N1Cc1ccc(F)cc1. The summed E-state index contributed by atoms with van der Waals surface area (Å²) in [7, 11) is 0. The van der Waals surface area contributed by atoms with Gasteiger partial charge in [0.2, 0.25) is 0 Å². The normalized spacial score (nSPS) is 20.6. The third kappa shape index (κ3) is 4.12. The minimum atomic E-state index is -1.27. The Bertz CT molecular complexity index is 1420. The largest absolute Gasteiger partial charge is 0.360 e. The first kappa shape index (κ1) is 23.5. The molecule has 1 atom stereocenters. The molecule has 1 aliphatic heterocycles. The van der Waals surface area contributed by atoms with Crippen molar-refractivity contribution >= 4 is 22.8 Å². The van der Waals surface area contributed by atoms with Crippen molar-refractivity contribution in [3.8, 4) is 0 Å². The number of carbonyl (C=O) groups is 2. The molecule has 2 N–H and O–H groups in total. The van der Waals surface area contributed by atoms with Gasteiger partial charge < -0.3 is 19.8 Å². The van der Waals surface area contributed by atoms with Crippen LogP contribution in [0.5, 0.6) is 0 Å². The molecule has 0 saturated heterocycles. The van der Waals surface area contributed by atoms with E-state index in [-0.39, 0.29) is 30.2 Å². The average molecular weight is 499 g/mol. The van der Waals surface area contributed by atoms with Gasteiger partial charge in [0.1, 0.15) is 11.5 Å². The summed E-state index contributed by atoms with van der Waals surface area (Å²) in [6.45, 7) is 0.477. The maximum absolute atomic E-state index is 14.5. The molecule has 1 fully saturated rings. The number of hydrogen-bond donors (Lipinski definition) is 2. The zero-order valence-corrected chi connectivity index (χ0v) is 20.8. The maximum atomic E-state index is 14.5. The summed E-state index contributed by atoms with van der Waals surface area (Å²) in [6, 6.07) is 19.6. The number of amides is 2. The quantitative estimate of drug-likeness (QED) is 0.357. The minimum absolute atomic E-state index is 0.0803. The van der Waals surface area contributed by atoms with E-state index in [4.69, 9.17) is 0 Å². The third-order valence-corrected chi connectivity index (χ3v) is 8.00. The van der Waals surface area contributed by atoms with Gasteiger partial charge in [0.15, 0.2) is 5.54 Å². The Morgan fingerprint density at radius 1 is 1.00 bits per heavy atom. The number of halogens is 1. The summed E-state index contributed by atoms with van der Waals surface area (Å²) in [5.74, 6) is -0.721. The first-order chi connectivity index (χ1) is 18.1. The van der Waals surface area contributed by atoms with Crippen LogP contribution in [0.1, 0.15) is 60.1 Å². The van der Waals surface area contributed by atoms with E-state index in [9.17, 15) is 14.0 Å². The first-order valence-electron chi connectivity index (χ1n) is 13.2. The molecule has 6 rings (SSSR count). The molecule has 1 aliphatic carbocycles. The molecular formula is C30H31FN4O2. The first-order valence-corrected chi connectivity index (χ1v) is 13.2. The smallest absolute Gasteiger partial charge is 0.272 e. The van der Waals surface area contributed by atoms with Crippen LogP contribution in [-0.2, 0) is 23.4 Å². The Kier molecular flexibility index (Phi) is 6.07. The number of carbonyl (C=O) groups excluding carboxylic acids is 2. The van der Waals surface area contributed by atoms with Crippen LogP contribution in [0.25, 0.3) is 11.0 Å². The number of aromatic amines is 1. The van der Waals surface area contributed by atoms with Gasteiger partial charge in [0.05, 0.1) is 17.6 Å². The Morgan fingerprint density at radius 2 is 1.73 bits per heavy atom. The highest BCUT2D eigenvalue weighted by molar-refractivity contribution is 6.03. The van der Waals surface area contributed by atoms with Gasteiger partial charge in [-0.2, -0.15) is 0 Å². The van der Waals surface area contributed by atoms with Crippen LogP contribution in [0.3, 0.4) is 0 Å². The second kappa shape index (κ2) is 9.54. The van der Waals surface area contributed by atoms with Crippen LogP contribution >= 0.6 is 0 Å². The number of H-pyrrole nitrogens is 1. The summed E-state index contributed by atoms with van der Waals surface area (Å²) in [4.78, 5) is 33.6. The van der Waals surface area contributed by atoms with Gasteiger partial charge in [-0.25, -0.2) is 4.39 Å². The Hall–Kier alpha value is -3.87. The highest BCUT2D eigenvalue weighted by Gasteiger charge is 2.52. The molecule has 3 heterocycles. The second-order valence-corrected chi connectivity index (χ2v) is 10.3. The fraction of sp³-hybridized carbons (Fsp3) is 0.333. The molecular weight excluding hydrogens is 467 g/mol. The molecule has 0 radical (unpaired) electrons. The van der Waals surface area contributed by atoms with Crippen molar-refractivity contribution in [1.82, 2.24) is 19.8 Å². The van der Waals surface area contributed by atoms with Gasteiger partial charge >= 0.3 is 0 Å². The number of benzene rings is 2. The van der Waals surface area contributed by atoms with Gasteiger partial charge in [-0.05, 0) is 48.2 Å². The standard InChI is InChI=1S/C30H31FN4O2/c31-23-14-12-21(13-15-23)19-35-28(36)27-18-25-26(16-17-32-25)34(27)20-30(35,22-8-4-3-5-9-22)29(37)33-24-10-6-1-2-7-11-24/h3-5,8-9,12-18,24,32H,1-2,6-7,10-11,19-20H2,(H,33,37). The highest BCUT2D eigenvalue weighted by atomic mass is 19.1. The molecule has 1 unspecified atom stereocenters. The Balaban J connectivity index is 1.51. The van der Waals surface area contributed by atoms with Crippen LogP contribution in [-0.4, -0.2) is 32.3 Å². The van der Waals surface area contributed by atoms with Crippen molar-refractivity contribution in [3.63, 3.8) is 0 Å². The maximum Gasteiger partial charge on any atom is 0.272 e. The topological polar surface area (TPSA) is 70.1 Å². The van der Waals surface area contributed by atoms with E-state index in [1.165, 1.54) is 25.0 Å². The van der Waals surface area contributed by atoms with Crippen LogP contribution < -0.4 is 5.32 Å². The molecule has 6 nitrogen and oxygen atoms in total. The van der Waals surface area contributed by atoms with Crippen LogP contribution in [0, 0.1) is 5.82 Å². The van der Waals surface area contributed by atoms with Gasteiger partial charge in [0, 0.05) is 18.8 Å². The number of aromatic nitrogens is 2. The Labute approximate surface area is 215 Å². The molecule has 7 heteroatoms. The number of fused-ring (bicyclic) bond motifs is 3. The summed E-state index contributed by atoms with van der Waals surface area (Å²) in [5, 5.41) is 3.36. The lowest BCUT2D eigenvalue weighted by Crippen LogP contribution is -2.63. The molecule has 0 spiro atoms. The van der Waals surface area contributed by atoms with E-state index in [1.54, 1.807) is 17.0 Å². The van der Waals surface area contributed by atoms with E-state index in [1.807, 2.05) is 53.2 Å². The molecule has 2 aromatic heterocycles. The van der Waals surface area contributed by atoms with Crippen LogP contribution in [0.4, 0.5) is 4.39 Å². The van der Waals surface area contributed by atoms with Crippen molar-refractivity contribution in [2.45, 2.75) is 63.2 Å². The van der Waals surface area contributed by atoms with E-state index in [0.717, 1.165) is 47.8 Å². The van der Waals surface area contributed by atoms with Gasteiger partial charge in [-0.1, -0.05) is 68.1 Å². The number of rotatable bonds is 5. The lowest BCUT2D eigenvalue weighted by molar-refractivity contribution is -0.136. The number of hydrogen-bond acceptors (Lipinski definition) is 2. The zero-order valence-electron chi connectivity index (χ0n) is 20.8. The Morgan fingerprint density at radius 3 is 2.46 bits per heavy atom. The van der Waals surface area contributed by atoms with E-state index >= 15 is 0 Å². The van der Waals surface area contributed by atoms with Crippen molar-refractivity contribution in [1.29, 1.82) is 0 Å². The summed E-state index contributed by atoms with van der Waals surface area (Å²) >= 11 is 0. The van der Waals surface area contributed by atoms with Crippen LogP contribution in [0.2, 0.25) is 0 Å². The van der Waals surface area contributed by atoms with Gasteiger partial charge in [-0.15, -0.1) is 0 Å². The number of nitrogens with one attached hydrogen (secondary N) is 2. The predicted octanol–water partition coefficient (Wildman–Crippen LogP) is 5.50. The number of nitrogens with zero attached hydrogens (tertiary/aromatic N) is 2. The third-order valence-electron chi connectivity index (χ3n) is 8.00. The summed E-state index contributed by atoms with van der Waals surface area (Å²) < 4.78 is 15.7. The van der Waals surface area contributed by atoms with Crippen LogP contribution in [0.15, 0.2) is 72.9 Å². The van der Waals surface area contributed by atoms with E-state index < -0.39 is 5.54 Å². The minimum Gasteiger partial charge on any atom is -0.360 e. The lowest BCUT2D eigenvalue weighted by Gasteiger charge is -2.47. The predicted molar refractivity (Wildman–Crippen MR) is 140 cm³/mol. The average Bonchev–Trinajstić information content (AvgIpc) is 3.41. The molecule has 190 valence electrons. The lowest BCUT2D eigenvalue weighted by atomic mass is 9.83. The molecule has 0 bridgehead atoms. The second-order valence-electron chi connectivity index (χ2n) is 10.3. The fourth-order valence-electron chi connectivity index (χ4n) is 6.04. The van der Waals surface area contributed by atoms with Crippen molar-refractivity contribution in [2.75, 3.05) is 0 Å². The van der Waals surface area contributed by atoms with Gasteiger partial charge in [-0.3, -0.25) is 9.59 Å². The summed E-state index contributed by atoms with van der Waals surface area (Å²) in [5.41, 5.74) is 2.56. The van der Waals surface area contributed by atoms with Gasteiger partial charge in [0.25, 0.3) is 11.8 Å². The highest BCUT2D eigenvalue weighted by Crippen LogP contribution is 2.40. The van der Waals surface area contributed by atoms with Crippen molar-refractivity contribution in [2.24, 2.45) is 0 Å². The van der Waals surface area contributed by atoms with Crippen molar-refractivity contribution in [3.05, 3.63) is 95.6 Å². The van der Waals surface area contributed by atoms with E-state index in [2.05, 4.69) is 10.3 Å². The molecule has 1 saturated carbocycles. The molecule has 2 amide bonds. The fourth-order valence-corrected chi connectivity index (χ4v) is 6.04. The van der Waals surface area contributed by atoms with Crippen molar-refractivity contribution < 1.29 is 14.0 Å². The summed E-state index contributed by atoms with van der Waals surface area (Å²) in [6.07, 6.45) is 8.29.